The van der Waals surface area contributed by atoms with Crippen molar-refractivity contribution in [3.8, 4) is 6.07 Å². The number of hydrogen-bond donors (Lipinski definition) is 1. The molecule has 0 aliphatic rings. The van der Waals surface area contributed by atoms with Crippen LogP contribution in [0, 0.1) is 17.1 Å². The average Bonchev–Trinajstić information content (AvgIpc) is 2.83. The molecule has 8 heteroatoms. The van der Waals surface area contributed by atoms with Gasteiger partial charge in [-0.15, -0.1) is 11.3 Å². The molecule has 0 saturated carbocycles. The topological polar surface area (TPSA) is 70.0 Å². The lowest BCUT2D eigenvalue weighted by molar-refractivity contribution is 0.600. The van der Waals surface area contributed by atoms with Gasteiger partial charge in [-0.25, -0.2) is 12.8 Å². The highest BCUT2D eigenvalue weighted by atomic mass is 79.9. The third-order valence-corrected chi connectivity index (χ3v) is 5.65. The van der Waals surface area contributed by atoms with E-state index in [1.165, 1.54) is 24.3 Å². The monoisotopic (exact) mass is 360 g/mol. The van der Waals surface area contributed by atoms with E-state index in [0.717, 1.165) is 17.4 Å². The fourth-order valence-corrected chi connectivity index (χ4v) is 4.07. The van der Waals surface area contributed by atoms with Gasteiger partial charge in [0.15, 0.2) is 0 Å². The molecule has 4 nitrogen and oxygen atoms in total. The van der Waals surface area contributed by atoms with Gasteiger partial charge in [0.05, 0.1) is 5.69 Å². The largest absolute Gasteiger partial charge is 0.275 e. The van der Waals surface area contributed by atoms with Crippen LogP contribution < -0.4 is 4.72 Å². The number of thiophene rings is 1. The van der Waals surface area contributed by atoms with E-state index < -0.39 is 15.8 Å². The van der Waals surface area contributed by atoms with Crippen LogP contribution in [0.5, 0.6) is 0 Å². The maximum Gasteiger partial charge on any atom is 0.271 e. The molecule has 98 valence electrons. The van der Waals surface area contributed by atoms with Gasteiger partial charge in [-0.05, 0) is 40.2 Å². The number of halogens is 2. The Kier molecular flexibility index (Phi) is 3.89. The first-order valence-corrected chi connectivity index (χ1v) is 8.00. The molecule has 0 saturated heterocycles. The molecule has 1 aromatic carbocycles. The molecule has 2 rings (SSSR count). The minimum Gasteiger partial charge on any atom is -0.275 e. The molecule has 0 radical (unpaired) electrons. The number of nitriles is 1. The van der Waals surface area contributed by atoms with Crippen molar-refractivity contribution >= 4 is 43.0 Å². The highest BCUT2D eigenvalue weighted by Crippen LogP contribution is 2.29. The van der Waals surface area contributed by atoms with E-state index in [0.29, 0.717) is 4.47 Å². The summed E-state index contributed by atoms with van der Waals surface area (Å²) >= 11 is 3.90. The maximum absolute atomic E-state index is 13.6. The summed E-state index contributed by atoms with van der Waals surface area (Å²) in [5.41, 5.74) is -0.158. The highest BCUT2D eigenvalue weighted by molar-refractivity contribution is 9.10. The first kappa shape index (κ1) is 14.0. The zero-order chi connectivity index (χ0) is 14.0. The first-order valence-electron chi connectivity index (χ1n) is 4.91. The number of hydrogen-bond acceptors (Lipinski definition) is 4. The Balaban J connectivity index is 2.40. The molecule has 19 heavy (non-hydrogen) atoms. The fraction of sp³-hybridized carbons (Fsp3) is 0. The number of sulfonamides is 1. The summed E-state index contributed by atoms with van der Waals surface area (Å²) in [5, 5.41) is 8.67. The van der Waals surface area contributed by atoms with Crippen LogP contribution in [0.15, 0.2) is 39.0 Å². The van der Waals surface area contributed by atoms with Crippen LogP contribution in [0.4, 0.5) is 10.1 Å². The van der Waals surface area contributed by atoms with Gasteiger partial charge in [0.2, 0.25) is 0 Å². The second-order valence-corrected chi connectivity index (χ2v) is 7.28. The Morgan fingerprint density at radius 3 is 2.63 bits per heavy atom. The number of para-hydroxylation sites is 1. The number of benzene rings is 1. The maximum atomic E-state index is 13.6. The Bertz CT molecular complexity index is 745. The molecular weight excluding hydrogens is 355 g/mol. The summed E-state index contributed by atoms with van der Waals surface area (Å²) in [4.78, 5) is 0.271. The van der Waals surface area contributed by atoms with Gasteiger partial charge >= 0.3 is 0 Å². The van der Waals surface area contributed by atoms with Crippen molar-refractivity contribution in [2.24, 2.45) is 0 Å². The molecule has 0 fully saturated rings. The Labute approximate surface area is 121 Å². The van der Waals surface area contributed by atoms with Crippen LogP contribution in [-0.4, -0.2) is 8.42 Å². The van der Waals surface area contributed by atoms with Crippen molar-refractivity contribution in [3.63, 3.8) is 0 Å². The van der Waals surface area contributed by atoms with E-state index >= 15 is 0 Å². The second kappa shape index (κ2) is 5.28. The van der Waals surface area contributed by atoms with Gasteiger partial charge in [-0.2, -0.15) is 5.26 Å². The van der Waals surface area contributed by atoms with Gasteiger partial charge in [0.1, 0.15) is 21.0 Å². The van der Waals surface area contributed by atoms with Gasteiger partial charge < -0.3 is 0 Å². The van der Waals surface area contributed by atoms with Crippen LogP contribution in [0.1, 0.15) is 4.88 Å². The quantitative estimate of drug-likeness (QED) is 0.912. The van der Waals surface area contributed by atoms with Gasteiger partial charge in [0, 0.05) is 4.47 Å². The molecule has 0 unspecified atom stereocenters. The Morgan fingerprint density at radius 1 is 1.32 bits per heavy atom. The number of rotatable bonds is 3. The summed E-state index contributed by atoms with van der Waals surface area (Å²) in [6.45, 7) is 0. The van der Waals surface area contributed by atoms with Crippen LogP contribution in [0.25, 0.3) is 0 Å². The van der Waals surface area contributed by atoms with E-state index in [9.17, 15) is 12.8 Å². The fourth-order valence-electron chi connectivity index (χ4n) is 1.30. The third-order valence-electron chi connectivity index (χ3n) is 2.16. The lowest BCUT2D eigenvalue weighted by Gasteiger charge is -2.08. The van der Waals surface area contributed by atoms with Crippen molar-refractivity contribution in [2.75, 3.05) is 4.72 Å². The lowest BCUT2D eigenvalue weighted by Crippen LogP contribution is -2.13. The Hall–Kier alpha value is -1.43. The van der Waals surface area contributed by atoms with E-state index in [4.69, 9.17) is 5.26 Å². The predicted molar refractivity (Wildman–Crippen MR) is 73.9 cm³/mol. The van der Waals surface area contributed by atoms with Crippen LogP contribution in [-0.2, 0) is 10.0 Å². The minimum absolute atomic E-state index is 0.0424. The zero-order valence-corrected chi connectivity index (χ0v) is 12.4. The number of anilines is 1. The molecule has 0 aliphatic carbocycles. The van der Waals surface area contributed by atoms with E-state index in [2.05, 4.69) is 20.7 Å². The van der Waals surface area contributed by atoms with Crippen LogP contribution in [0.3, 0.4) is 0 Å². The number of nitrogens with zero attached hydrogens (tertiary/aromatic N) is 1. The second-order valence-electron chi connectivity index (χ2n) is 3.43. The van der Waals surface area contributed by atoms with E-state index in [1.807, 2.05) is 6.07 Å². The molecule has 1 aromatic heterocycles. The van der Waals surface area contributed by atoms with E-state index in [1.54, 1.807) is 0 Å². The molecule has 0 spiro atoms. The van der Waals surface area contributed by atoms with Crippen molar-refractivity contribution in [1.82, 2.24) is 0 Å². The number of nitrogens with one attached hydrogen (secondary N) is 1. The predicted octanol–water partition coefficient (Wildman–Crippen LogP) is 3.32. The van der Waals surface area contributed by atoms with Crippen molar-refractivity contribution in [2.45, 2.75) is 4.21 Å². The highest BCUT2D eigenvalue weighted by Gasteiger charge is 2.20. The van der Waals surface area contributed by atoms with Crippen molar-refractivity contribution in [1.29, 1.82) is 5.26 Å². The summed E-state index contributed by atoms with van der Waals surface area (Å²) in [6.07, 6.45) is 0. The van der Waals surface area contributed by atoms with Gasteiger partial charge in [0.25, 0.3) is 10.0 Å². The lowest BCUT2D eigenvalue weighted by atomic mass is 10.3. The molecule has 1 heterocycles. The average molecular weight is 361 g/mol. The summed E-state index contributed by atoms with van der Waals surface area (Å²) in [6, 6.07) is 8.68. The standard InChI is InChI=1S/C11H6BrFN2O2S2/c12-8-2-1-3-9(13)11(8)15-19(16,17)10-5-4-7(6-14)18-10/h1-5,15H. The zero-order valence-electron chi connectivity index (χ0n) is 9.22. The molecule has 1 N–H and O–H groups in total. The SMILES string of the molecule is N#Cc1ccc(S(=O)(=O)Nc2c(F)cccc2Br)s1. The molecule has 0 aliphatic heterocycles. The van der Waals surface area contributed by atoms with Crippen LogP contribution >= 0.6 is 27.3 Å². The minimum atomic E-state index is -3.90. The van der Waals surface area contributed by atoms with E-state index in [-0.39, 0.29) is 14.8 Å². The van der Waals surface area contributed by atoms with Gasteiger partial charge in [-0.3, -0.25) is 4.72 Å². The molecule has 0 atom stereocenters. The van der Waals surface area contributed by atoms with Crippen molar-refractivity contribution < 1.29 is 12.8 Å². The Morgan fingerprint density at radius 2 is 2.05 bits per heavy atom. The van der Waals surface area contributed by atoms with Crippen molar-refractivity contribution in [3.05, 3.63) is 45.5 Å². The summed E-state index contributed by atoms with van der Waals surface area (Å²) < 4.78 is 40.1. The normalized spacial score (nSPS) is 11.0. The van der Waals surface area contributed by atoms with Gasteiger partial charge in [-0.1, -0.05) is 6.07 Å². The first-order chi connectivity index (χ1) is 8.94. The summed E-state index contributed by atoms with van der Waals surface area (Å²) in [7, 11) is -3.90. The molecule has 2 aromatic rings. The summed E-state index contributed by atoms with van der Waals surface area (Å²) in [5.74, 6) is -0.685. The molecule has 0 amide bonds. The molecular formula is C11H6BrFN2O2S2. The third kappa shape index (κ3) is 2.94. The smallest absolute Gasteiger partial charge is 0.271 e. The van der Waals surface area contributed by atoms with Crippen LogP contribution in [0.2, 0.25) is 0 Å². The molecule has 0 bridgehead atoms.